The Labute approximate surface area is 159 Å². The summed E-state index contributed by atoms with van der Waals surface area (Å²) < 4.78 is 6.93. The highest BCUT2D eigenvalue weighted by atomic mass is 16.4. The predicted molar refractivity (Wildman–Crippen MR) is 103 cm³/mol. The first kappa shape index (κ1) is 17.3. The number of para-hydroxylation sites is 1. The second-order valence-corrected chi connectivity index (χ2v) is 5.98. The summed E-state index contributed by atoms with van der Waals surface area (Å²) in [5.74, 6) is -0.852. The van der Waals surface area contributed by atoms with Gasteiger partial charge in [0.15, 0.2) is 5.76 Å². The second-order valence-electron chi connectivity index (χ2n) is 5.98. The van der Waals surface area contributed by atoms with E-state index in [9.17, 15) is 9.59 Å². The quantitative estimate of drug-likeness (QED) is 0.549. The largest absolute Gasteiger partial charge is 0.478 e. The topological polar surface area (TPSA) is 97.4 Å². The van der Waals surface area contributed by atoms with Crippen LogP contribution in [0.25, 0.3) is 17.1 Å². The van der Waals surface area contributed by atoms with Crippen molar-refractivity contribution in [1.82, 2.24) is 9.78 Å². The van der Waals surface area contributed by atoms with Gasteiger partial charge >= 0.3 is 5.97 Å². The van der Waals surface area contributed by atoms with Crippen LogP contribution in [0.2, 0.25) is 0 Å². The molecule has 0 radical (unpaired) electrons. The third-order valence-corrected chi connectivity index (χ3v) is 4.11. The van der Waals surface area contributed by atoms with Crippen LogP contribution in [-0.4, -0.2) is 26.8 Å². The fraction of sp³-hybridized carbons (Fsp3) is 0. The van der Waals surface area contributed by atoms with Gasteiger partial charge in [0.1, 0.15) is 11.4 Å². The van der Waals surface area contributed by atoms with Crippen molar-refractivity contribution < 1.29 is 19.1 Å². The van der Waals surface area contributed by atoms with Crippen LogP contribution in [0.3, 0.4) is 0 Å². The lowest BCUT2D eigenvalue weighted by atomic mass is 10.2. The minimum atomic E-state index is -1.02. The summed E-state index contributed by atoms with van der Waals surface area (Å²) in [7, 11) is 0. The van der Waals surface area contributed by atoms with Crippen LogP contribution in [-0.2, 0) is 0 Å². The zero-order valence-electron chi connectivity index (χ0n) is 14.6. The Morgan fingerprint density at radius 2 is 1.71 bits per heavy atom. The maximum atomic E-state index is 12.9. The van der Waals surface area contributed by atoms with Crippen LogP contribution in [0, 0.1) is 0 Å². The van der Waals surface area contributed by atoms with E-state index in [4.69, 9.17) is 9.52 Å². The van der Waals surface area contributed by atoms with Gasteiger partial charge in [0.05, 0.1) is 17.5 Å². The average Bonchev–Trinajstić information content (AvgIpc) is 3.39. The van der Waals surface area contributed by atoms with Gasteiger partial charge < -0.3 is 14.8 Å². The van der Waals surface area contributed by atoms with E-state index in [1.165, 1.54) is 24.3 Å². The number of carboxylic acids is 1. The number of benzene rings is 2. The maximum absolute atomic E-state index is 12.9. The minimum Gasteiger partial charge on any atom is -0.478 e. The summed E-state index contributed by atoms with van der Waals surface area (Å²) in [6.07, 6.45) is 1.54. The van der Waals surface area contributed by atoms with Crippen molar-refractivity contribution >= 4 is 17.6 Å². The number of furan rings is 1. The third kappa shape index (κ3) is 3.41. The molecule has 28 heavy (non-hydrogen) atoms. The number of nitrogens with one attached hydrogen (secondary N) is 1. The van der Waals surface area contributed by atoms with Crippen LogP contribution < -0.4 is 5.32 Å². The summed E-state index contributed by atoms with van der Waals surface area (Å²) in [6.45, 7) is 0. The number of aromatic carboxylic acids is 1. The molecule has 7 heteroatoms. The Hall–Kier alpha value is -4.13. The maximum Gasteiger partial charge on any atom is 0.335 e. The van der Waals surface area contributed by atoms with Crippen molar-refractivity contribution in [3.05, 3.63) is 90.3 Å². The number of hydrogen-bond acceptors (Lipinski definition) is 4. The molecule has 2 aromatic carbocycles. The predicted octanol–water partition coefficient (Wildman–Crippen LogP) is 4.08. The van der Waals surface area contributed by atoms with Gasteiger partial charge in [-0.2, -0.15) is 5.10 Å². The van der Waals surface area contributed by atoms with E-state index in [1.807, 2.05) is 30.3 Å². The van der Waals surface area contributed by atoms with Crippen LogP contribution in [0.5, 0.6) is 0 Å². The van der Waals surface area contributed by atoms with E-state index in [0.29, 0.717) is 22.8 Å². The Kier molecular flexibility index (Phi) is 4.47. The van der Waals surface area contributed by atoms with Crippen molar-refractivity contribution in [1.29, 1.82) is 0 Å². The molecule has 0 unspecified atom stereocenters. The number of anilines is 1. The Balaban J connectivity index is 1.69. The Morgan fingerprint density at radius 1 is 0.964 bits per heavy atom. The smallest absolute Gasteiger partial charge is 0.335 e. The van der Waals surface area contributed by atoms with Gasteiger partial charge in [-0.15, -0.1) is 0 Å². The zero-order valence-corrected chi connectivity index (χ0v) is 14.6. The lowest BCUT2D eigenvalue weighted by Gasteiger charge is -2.08. The molecule has 2 heterocycles. The first-order valence-electron chi connectivity index (χ1n) is 8.46. The summed E-state index contributed by atoms with van der Waals surface area (Å²) in [4.78, 5) is 23.9. The highest BCUT2D eigenvalue weighted by Crippen LogP contribution is 2.23. The first-order chi connectivity index (χ1) is 13.6. The van der Waals surface area contributed by atoms with E-state index in [-0.39, 0.29) is 11.5 Å². The van der Waals surface area contributed by atoms with Gasteiger partial charge in [-0.25, -0.2) is 9.48 Å². The number of carbonyl (C=O) groups excluding carboxylic acids is 1. The Morgan fingerprint density at radius 3 is 2.36 bits per heavy atom. The molecule has 0 atom stereocenters. The van der Waals surface area contributed by atoms with Crippen LogP contribution >= 0.6 is 0 Å². The molecule has 0 spiro atoms. The van der Waals surface area contributed by atoms with E-state index in [1.54, 1.807) is 29.1 Å². The number of amides is 1. The van der Waals surface area contributed by atoms with E-state index < -0.39 is 5.97 Å². The van der Waals surface area contributed by atoms with Crippen molar-refractivity contribution in [3.8, 4) is 17.1 Å². The zero-order chi connectivity index (χ0) is 19.5. The number of nitrogens with zero attached hydrogens (tertiary/aromatic N) is 2. The molecular formula is C21H15N3O4. The van der Waals surface area contributed by atoms with Crippen LogP contribution in [0.1, 0.15) is 20.8 Å². The molecule has 0 aliphatic carbocycles. The van der Waals surface area contributed by atoms with Gasteiger partial charge in [-0.1, -0.05) is 18.2 Å². The van der Waals surface area contributed by atoms with Gasteiger partial charge in [-0.05, 0) is 48.5 Å². The molecule has 0 saturated carbocycles. The molecular weight excluding hydrogens is 358 g/mol. The Bertz CT molecular complexity index is 1110. The first-order valence-corrected chi connectivity index (χ1v) is 8.46. The average molecular weight is 373 g/mol. The van der Waals surface area contributed by atoms with E-state index >= 15 is 0 Å². The molecule has 4 aromatic rings. The molecule has 2 N–H and O–H groups in total. The number of aromatic nitrogens is 2. The number of hydrogen-bond donors (Lipinski definition) is 2. The van der Waals surface area contributed by atoms with Crippen molar-refractivity contribution in [3.63, 3.8) is 0 Å². The molecule has 2 aromatic heterocycles. The second kappa shape index (κ2) is 7.24. The van der Waals surface area contributed by atoms with Gasteiger partial charge in [-0.3, -0.25) is 4.79 Å². The lowest BCUT2D eigenvalue weighted by Crippen LogP contribution is -2.17. The fourth-order valence-electron chi connectivity index (χ4n) is 2.74. The van der Waals surface area contributed by atoms with Crippen molar-refractivity contribution in [2.45, 2.75) is 0 Å². The molecule has 7 nitrogen and oxygen atoms in total. The summed E-state index contributed by atoms with van der Waals surface area (Å²) in [6, 6.07) is 20.4. The summed E-state index contributed by atoms with van der Waals surface area (Å²) in [5, 5.41) is 16.3. The summed E-state index contributed by atoms with van der Waals surface area (Å²) >= 11 is 0. The molecule has 1 amide bonds. The van der Waals surface area contributed by atoms with Crippen molar-refractivity contribution in [2.75, 3.05) is 5.32 Å². The van der Waals surface area contributed by atoms with E-state index in [2.05, 4.69) is 10.4 Å². The fourth-order valence-corrected chi connectivity index (χ4v) is 2.74. The van der Waals surface area contributed by atoms with Crippen LogP contribution in [0.15, 0.2) is 83.5 Å². The molecule has 0 bridgehead atoms. The van der Waals surface area contributed by atoms with Crippen molar-refractivity contribution in [2.24, 2.45) is 0 Å². The standard InChI is InChI=1S/C21H15N3O4/c25-20(22-15-10-8-14(9-11-15)21(26)27)18-13-17(19-7-4-12-28-19)23-24(18)16-5-2-1-3-6-16/h1-13H,(H,22,25)(H,26,27). The molecule has 0 fully saturated rings. The molecule has 0 saturated heterocycles. The number of rotatable bonds is 5. The normalized spacial score (nSPS) is 10.6. The third-order valence-electron chi connectivity index (χ3n) is 4.11. The highest BCUT2D eigenvalue weighted by molar-refractivity contribution is 6.04. The van der Waals surface area contributed by atoms with Gasteiger partial charge in [0, 0.05) is 11.8 Å². The molecule has 4 rings (SSSR count). The van der Waals surface area contributed by atoms with Crippen LogP contribution in [0.4, 0.5) is 5.69 Å². The number of carbonyl (C=O) groups is 2. The monoisotopic (exact) mass is 373 g/mol. The molecule has 138 valence electrons. The molecule has 0 aliphatic heterocycles. The van der Waals surface area contributed by atoms with Gasteiger partial charge in [0.25, 0.3) is 5.91 Å². The molecule has 0 aliphatic rings. The summed E-state index contributed by atoms with van der Waals surface area (Å²) in [5.41, 5.74) is 2.20. The lowest BCUT2D eigenvalue weighted by molar-refractivity contribution is 0.0696. The SMILES string of the molecule is O=C(O)c1ccc(NC(=O)c2cc(-c3ccco3)nn2-c2ccccc2)cc1. The van der Waals surface area contributed by atoms with Gasteiger partial charge in [0.2, 0.25) is 0 Å². The number of carboxylic acid groups (broad SMARTS) is 1. The minimum absolute atomic E-state index is 0.146. The highest BCUT2D eigenvalue weighted by Gasteiger charge is 2.19. The van der Waals surface area contributed by atoms with E-state index in [0.717, 1.165) is 5.69 Å².